The Morgan fingerprint density at radius 2 is 0.667 bits per heavy atom. The number of fused-ring (bicyclic) bond motifs is 3. The standard InChI is InChI=1S/C55H78O16.C12H10N3O2.C10H12O2.2C9H12O.2C9H12.CO2.3Li/c1-43-9-13-47-48-14-10-44(2)38-50(48)55(49(47)37-43,45-11-15-51(68-35-33-64-31-29-62-27-25-58-3)53(39-45)69-36-34-65-32-30-63-28-26-59-4)46-12-16-52(70-41-66-21-7-5-19-60-23-17-56)54(40-46)71-42-67-22-8-6-20-61-24-18-57;1-7-3-4-8(2)9(5-7)10-13-6-14-11(15-10)12(16)17;1-7-3-4-8(2)9(5-7)6-10(11)12;2*1-7-4-5-8(2)9(6-7)10-3;2*1-7-4-5-8(2)9(3)6-7;2-1-3;;;/h9-16,37-40,56-57H,5-8,17-36,41-42H2,1-4H3;3-5H,1-2H3,(H,16,17);3-5H,6H2,1-2H3,(H,11,12);2*4-6H,1-3H3;2*4-6H,1-3H3;;;;/q;-1;;;;;;;3*+1/p-2. The summed E-state index contributed by atoms with van der Waals surface area (Å²) in [6, 6.07) is 62.5. The Labute approximate surface area is 889 Å². The number of aromatic carboxylic acids is 1. The maximum Gasteiger partial charge on any atom is 1.00 e. The summed E-state index contributed by atoms with van der Waals surface area (Å²) in [7, 11) is 6.68. The van der Waals surface area contributed by atoms with Gasteiger partial charge in [-0.15, -0.1) is 0 Å². The molecule has 30 heteroatoms. The first kappa shape index (κ1) is 130. The van der Waals surface area contributed by atoms with Gasteiger partial charge in [0.1, 0.15) is 24.7 Å². The number of aryl methyl sites for hydroxylation is 16. The fourth-order valence-corrected chi connectivity index (χ4v) is 14.4. The molecule has 0 amide bonds. The number of aliphatic carboxylic acids is 1. The van der Waals surface area contributed by atoms with Gasteiger partial charge in [0.05, 0.1) is 137 Å². The van der Waals surface area contributed by atoms with Crippen molar-refractivity contribution in [3.05, 3.63) is 311 Å². The molecule has 0 radical (unpaired) electrons. The molecule has 0 spiro atoms. The number of carboxylic acid groups (broad SMARTS) is 2. The van der Waals surface area contributed by atoms with Crippen LogP contribution >= 0.6 is 0 Å². The van der Waals surface area contributed by atoms with Crippen LogP contribution in [0.4, 0.5) is 0 Å². The molecule has 0 fully saturated rings. The molecule has 1 aliphatic carbocycles. The number of ether oxygens (including phenoxy) is 16. The Bertz CT molecular complexity index is 5320. The quantitative estimate of drug-likeness (QED) is 0.0157. The molecule has 0 unspecified atom stereocenters. The number of carbonyl (C=O) groups excluding carboxylic acids is 4. The van der Waals surface area contributed by atoms with Crippen molar-refractivity contribution in [1.82, 2.24) is 15.0 Å². The number of carbonyl (C=O) groups is 2. The molecule has 0 saturated carbocycles. The minimum Gasteiger partial charge on any atom is -0.556 e. The van der Waals surface area contributed by atoms with Crippen molar-refractivity contribution in [3.63, 3.8) is 0 Å². The molecule has 1 heterocycles. The van der Waals surface area contributed by atoms with Crippen molar-refractivity contribution in [2.75, 3.05) is 174 Å². The summed E-state index contributed by atoms with van der Waals surface area (Å²) in [4.78, 5) is 48.3. The summed E-state index contributed by atoms with van der Waals surface area (Å²) in [6.07, 6.45) is 5.67. The predicted octanol–water partition coefficient (Wildman–Crippen LogP) is 8.26. The molecular formula is C114H146Li3N3O24. The molecule has 27 nitrogen and oxygen atoms in total. The van der Waals surface area contributed by atoms with Gasteiger partial charge < -0.3 is 121 Å². The number of hydrogen-bond acceptors (Lipinski definition) is 27. The zero-order valence-corrected chi connectivity index (χ0v) is 89.1. The van der Waals surface area contributed by atoms with Crippen molar-refractivity contribution < 1.29 is 172 Å². The molecule has 764 valence electrons. The van der Waals surface area contributed by atoms with Crippen molar-refractivity contribution in [3.8, 4) is 57.0 Å². The normalized spacial score (nSPS) is 10.8. The van der Waals surface area contributed by atoms with Crippen LogP contribution in [0.15, 0.2) is 182 Å². The first-order valence-corrected chi connectivity index (χ1v) is 47.2. The van der Waals surface area contributed by atoms with Gasteiger partial charge in [-0.2, -0.15) is 9.59 Å². The van der Waals surface area contributed by atoms with Crippen molar-refractivity contribution in [2.24, 2.45) is 0 Å². The van der Waals surface area contributed by atoms with Crippen molar-refractivity contribution >= 4 is 18.1 Å². The summed E-state index contributed by atoms with van der Waals surface area (Å²) in [6.45, 7) is 40.7. The van der Waals surface area contributed by atoms with Crippen LogP contribution in [-0.2, 0) is 73.6 Å². The largest absolute Gasteiger partial charge is 1.00 e. The fourth-order valence-electron chi connectivity index (χ4n) is 14.4. The summed E-state index contributed by atoms with van der Waals surface area (Å²) in [5, 5.41) is 39.0. The van der Waals surface area contributed by atoms with Crippen molar-refractivity contribution in [1.29, 1.82) is 0 Å². The maximum atomic E-state index is 10.7. The van der Waals surface area contributed by atoms with E-state index in [0.717, 1.165) is 115 Å². The van der Waals surface area contributed by atoms with E-state index in [4.69, 9.17) is 95.6 Å². The zero-order valence-electron chi connectivity index (χ0n) is 89.1. The van der Waals surface area contributed by atoms with Gasteiger partial charge in [-0.05, 0) is 267 Å². The third-order valence-corrected chi connectivity index (χ3v) is 22.1. The van der Waals surface area contributed by atoms with Gasteiger partial charge in [0.15, 0.2) is 36.6 Å². The zero-order chi connectivity index (χ0) is 103. The number of aliphatic hydroxyl groups excluding tert-OH is 2. The Morgan fingerprint density at radius 1 is 0.326 bits per heavy atom. The van der Waals surface area contributed by atoms with Gasteiger partial charge in [0.25, 0.3) is 0 Å². The van der Waals surface area contributed by atoms with Crippen LogP contribution in [0.2, 0.25) is 0 Å². The summed E-state index contributed by atoms with van der Waals surface area (Å²) in [5.41, 5.74) is 26.5. The first-order chi connectivity index (χ1) is 67.9. The van der Waals surface area contributed by atoms with Crippen LogP contribution < -0.4 is 95.2 Å². The van der Waals surface area contributed by atoms with E-state index in [1.165, 1.54) is 55.6 Å². The van der Waals surface area contributed by atoms with Crippen LogP contribution in [0.3, 0.4) is 0 Å². The molecule has 144 heavy (non-hydrogen) atoms. The fraction of sp³-hybridized carbons (Fsp3) is 0.421. The Kier molecular flexibility index (Phi) is 67.1. The monoisotopic (exact) mass is 1960 g/mol. The van der Waals surface area contributed by atoms with E-state index in [9.17, 15) is 19.8 Å². The number of methoxy groups -OCH3 is 4. The number of rotatable bonds is 48. The number of benzene rings is 10. The molecule has 1 aromatic heterocycles. The van der Waals surface area contributed by atoms with Gasteiger partial charge in [-0.25, -0.2) is 0 Å². The second-order valence-electron chi connectivity index (χ2n) is 33.6. The van der Waals surface area contributed by atoms with Crippen LogP contribution in [0.1, 0.15) is 153 Å². The molecule has 0 aliphatic heterocycles. The van der Waals surface area contributed by atoms with E-state index in [-0.39, 0.29) is 103 Å². The Hall–Kier alpha value is -10.4. The van der Waals surface area contributed by atoms with E-state index in [2.05, 4.69) is 206 Å². The minimum absolute atomic E-state index is 0. The van der Waals surface area contributed by atoms with Gasteiger partial charge in [-0.3, -0.25) is 0 Å². The average Bonchev–Trinajstić information content (AvgIpc) is 1.53. The van der Waals surface area contributed by atoms with E-state index in [0.29, 0.717) is 141 Å². The summed E-state index contributed by atoms with van der Waals surface area (Å²) in [5.74, 6) is 1.50. The third-order valence-electron chi connectivity index (χ3n) is 22.1. The van der Waals surface area contributed by atoms with E-state index < -0.39 is 23.2 Å². The molecule has 0 bridgehead atoms. The molecule has 0 saturated heterocycles. The van der Waals surface area contributed by atoms with Gasteiger partial charge in [-0.1, -0.05) is 185 Å². The number of carboxylic acids is 2. The number of nitrogens with zero attached hydrogens (tertiary/aromatic N) is 3. The topological polar surface area (TPSA) is 341 Å². The predicted molar refractivity (Wildman–Crippen MR) is 542 cm³/mol. The number of unbranched alkanes of at least 4 members (excludes halogenated alkanes) is 2. The number of aromatic nitrogens is 3. The number of aliphatic hydroxyl groups is 2. The molecule has 10 aromatic carbocycles. The van der Waals surface area contributed by atoms with E-state index >= 15 is 0 Å². The first-order valence-electron chi connectivity index (χ1n) is 47.2. The van der Waals surface area contributed by atoms with Gasteiger partial charge in [0.2, 0.25) is 0 Å². The van der Waals surface area contributed by atoms with Crippen LogP contribution in [-0.4, -0.2) is 217 Å². The van der Waals surface area contributed by atoms with Crippen LogP contribution in [0, 0.1) is 117 Å². The SMILES string of the molecule is COCCOCCOCCOc1ccc(C2(c3ccc(OCOCCCCOCCO)c(OCOCCCCOCCO)c3)c3cc(C)ccc3-c3ccc(C)cc32)cc1OCCOCCOCCOC.COc1cc(C)ccc1C.COc1cc(C)ccc1C.Cc1ccc(C)c(-c2n[c-]nc(C(=O)[O-])n2)c1.Cc1ccc(C)c(C)c1.Cc1ccc(C)c(C)c1.Cc1ccc(C)c(CC(=O)[O-])c1.O=C=O.[Li+].[Li+].[Li+]. The molecule has 11 aromatic rings. The molecule has 2 N–H and O–H groups in total. The molecule has 1 aliphatic rings. The molecular weight excluding hydrogens is 1820 g/mol. The summed E-state index contributed by atoms with van der Waals surface area (Å²) < 4.78 is 91.6. The minimum atomic E-state index is -1.43. The smallest absolute Gasteiger partial charge is 0.556 e. The van der Waals surface area contributed by atoms with Gasteiger partial charge >= 0.3 is 62.7 Å². The van der Waals surface area contributed by atoms with Gasteiger partial charge in [0, 0.05) is 52.0 Å². The average molecular weight is 1960 g/mol. The second-order valence-corrected chi connectivity index (χ2v) is 33.6. The van der Waals surface area contributed by atoms with Crippen LogP contribution in [0.25, 0.3) is 22.5 Å². The Balaban J connectivity index is 0.000000752. The maximum absolute atomic E-state index is 10.7. The Morgan fingerprint density at radius 3 is 1.06 bits per heavy atom. The van der Waals surface area contributed by atoms with Crippen molar-refractivity contribution in [2.45, 2.75) is 148 Å². The number of hydrogen-bond donors (Lipinski definition) is 2. The second kappa shape index (κ2) is 74.5. The van der Waals surface area contributed by atoms with E-state index in [1.807, 2.05) is 108 Å². The van der Waals surface area contributed by atoms with Crippen LogP contribution in [0.5, 0.6) is 34.5 Å². The summed E-state index contributed by atoms with van der Waals surface area (Å²) >= 11 is 0. The van der Waals surface area contributed by atoms with E-state index in [1.54, 1.807) is 28.4 Å². The molecule has 12 rings (SSSR count). The third kappa shape index (κ3) is 47.4. The molecule has 0 atom stereocenters.